The van der Waals surface area contributed by atoms with Gasteiger partial charge in [0.05, 0.1) is 0 Å². The van der Waals surface area contributed by atoms with Gasteiger partial charge in [0.25, 0.3) is 0 Å². The molecular formula is C16H28N2O3. The van der Waals surface area contributed by atoms with E-state index in [9.17, 15) is 14.7 Å². The van der Waals surface area contributed by atoms with Gasteiger partial charge < -0.3 is 15.3 Å². The Labute approximate surface area is 127 Å². The van der Waals surface area contributed by atoms with Crippen LogP contribution in [0.5, 0.6) is 0 Å². The molecular weight excluding hydrogens is 268 g/mol. The van der Waals surface area contributed by atoms with E-state index in [1.807, 2.05) is 0 Å². The van der Waals surface area contributed by atoms with Gasteiger partial charge in [0.1, 0.15) is 5.54 Å². The first kappa shape index (κ1) is 16.1. The average molecular weight is 296 g/mol. The Hall–Kier alpha value is -1.26. The number of nitrogens with one attached hydrogen (secondary N) is 1. The summed E-state index contributed by atoms with van der Waals surface area (Å²) in [5.41, 5.74) is -1.06. The molecule has 1 aliphatic heterocycles. The number of piperidine rings is 1. The topological polar surface area (TPSA) is 69.6 Å². The number of rotatable bonds is 3. The zero-order chi connectivity index (χ0) is 15.5. The number of carbonyl (C=O) groups is 2. The third-order valence-corrected chi connectivity index (χ3v) is 5.40. The van der Waals surface area contributed by atoms with Crippen LogP contribution in [-0.2, 0) is 4.79 Å². The summed E-state index contributed by atoms with van der Waals surface area (Å²) < 4.78 is 0. The highest BCUT2D eigenvalue weighted by Gasteiger charge is 2.44. The Morgan fingerprint density at radius 2 is 1.95 bits per heavy atom. The van der Waals surface area contributed by atoms with Crippen LogP contribution in [0.25, 0.3) is 0 Å². The third-order valence-electron chi connectivity index (χ3n) is 5.40. The highest BCUT2D eigenvalue weighted by molar-refractivity contribution is 5.86. The summed E-state index contributed by atoms with van der Waals surface area (Å²) >= 11 is 0. The monoisotopic (exact) mass is 296 g/mol. The van der Waals surface area contributed by atoms with Crippen LogP contribution >= 0.6 is 0 Å². The Morgan fingerprint density at radius 1 is 1.24 bits per heavy atom. The fourth-order valence-electron chi connectivity index (χ4n) is 3.68. The Kier molecular flexibility index (Phi) is 5.12. The summed E-state index contributed by atoms with van der Waals surface area (Å²) in [7, 11) is 0. The number of hydrogen-bond acceptors (Lipinski definition) is 2. The molecule has 2 N–H and O–H groups in total. The normalized spacial score (nSPS) is 33.5. The molecule has 3 atom stereocenters. The first-order valence-corrected chi connectivity index (χ1v) is 8.24. The second-order valence-corrected chi connectivity index (χ2v) is 6.90. The summed E-state index contributed by atoms with van der Waals surface area (Å²) in [5, 5.41) is 12.4. The van der Waals surface area contributed by atoms with Crippen LogP contribution in [0.2, 0.25) is 0 Å². The lowest BCUT2D eigenvalue weighted by Crippen LogP contribution is -2.60. The molecule has 0 aromatic rings. The number of likely N-dealkylation sites (tertiary alicyclic amines) is 1. The Bertz CT molecular complexity index is 399. The summed E-state index contributed by atoms with van der Waals surface area (Å²) in [4.78, 5) is 25.5. The van der Waals surface area contributed by atoms with Gasteiger partial charge in [-0.25, -0.2) is 9.59 Å². The summed E-state index contributed by atoms with van der Waals surface area (Å²) in [6, 6.07) is -0.211. The molecule has 0 spiro atoms. The van der Waals surface area contributed by atoms with Crippen molar-refractivity contribution in [1.82, 2.24) is 10.2 Å². The Balaban J connectivity index is 1.93. The van der Waals surface area contributed by atoms with Crippen LogP contribution in [0.1, 0.15) is 58.8 Å². The number of amides is 2. The quantitative estimate of drug-likeness (QED) is 0.841. The number of carboxylic acid groups (broad SMARTS) is 1. The van der Waals surface area contributed by atoms with E-state index < -0.39 is 11.5 Å². The number of nitrogens with zero attached hydrogens (tertiary/aromatic N) is 1. The third kappa shape index (κ3) is 3.50. The molecule has 0 aromatic carbocycles. The predicted molar refractivity (Wildman–Crippen MR) is 81.1 cm³/mol. The molecule has 3 unspecified atom stereocenters. The smallest absolute Gasteiger partial charge is 0.329 e. The van der Waals surface area contributed by atoms with Crippen molar-refractivity contribution in [2.45, 2.75) is 64.3 Å². The maximum atomic E-state index is 12.4. The molecule has 5 heteroatoms. The summed E-state index contributed by atoms with van der Waals surface area (Å²) in [6.45, 7) is 5.12. The molecule has 0 aromatic heterocycles. The molecule has 0 bridgehead atoms. The molecule has 2 aliphatic rings. The molecule has 1 saturated carbocycles. The van der Waals surface area contributed by atoms with E-state index >= 15 is 0 Å². The van der Waals surface area contributed by atoms with E-state index in [-0.39, 0.29) is 6.03 Å². The zero-order valence-electron chi connectivity index (χ0n) is 13.2. The minimum Gasteiger partial charge on any atom is -0.480 e. The second-order valence-electron chi connectivity index (χ2n) is 6.90. The maximum absolute atomic E-state index is 12.4. The number of aliphatic carboxylic acids is 1. The van der Waals surface area contributed by atoms with Gasteiger partial charge in [0, 0.05) is 13.1 Å². The first-order chi connectivity index (χ1) is 9.95. The standard InChI is InChI=1S/C16H28N2O3/c1-12-7-3-4-8-13(12)11-17-15(21)18-10-6-5-9-16(18,2)14(19)20/h12-13H,3-11H2,1-2H3,(H,17,21)(H,19,20). The SMILES string of the molecule is CC1CCCCC1CNC(=O)N1CCCCC1(C)C(=O)O. The molecule has 5 nitrogen and oxygen atoms in total. The van der Waals surface area contributed by atoms with Crippen molar-refractivity contribution >= 4 is 12.0 Å². The minimum absolute atomic E-state index is 0.211. The molecule has 0 radical (unpaired) electrons. The fraction of sp³-hybridized carbons (Fsp3) is 0.875. The summed E-state index contributed by atoms with van der Waals surface area (Å²) in [6.07, 6.45) is 7.21. The van der Waals surface area contributed by atoms with Gasteiger partial charge in [0.2, 0.25) is 0 Å². The number of carbonyl (C=O) groups excluding carboxylic acids is 1. The molecule has 2 amide bonds. The van der Waals surface area contributed by atoms with Gasteiger partial charge in [-0.1, -0.05) is 26.2 Å². The Morgan fingerprint density at radius 3 is 2.62 bits per heavy atom. The van der Waals surface area contributed by atoms with Crippen molar-refractivity contribution in [3.8, 4) is 0 Å². The fourth-order valence-corrected chi connectivity index (χ4v) is 3.68. The van der Waals surface area contributed by atoms with Crippen molar-refractivity contribution in [2.24, 2.45) is 11.8 Å². The van der Waals surface area contributed by atoms with Gasteiger partial charge in [-0.05, 0) is 44.4 Å². The first-order valence-electron chi connectivity index (χ1n) is 8.24. The van der Waals surface area contributed by atoms with E-state index in [0.29, 0.717) is 31.3 Å². The van der Waals surface area contributed by atoms with Gasteiger partial charge in [0.15, 0.2) is 0 Å². The van der Waals surface area contributed by atoms with Crippen LogP contribution in [-0.4, -0.2) is 40.6 Å². The highest BCUT2D eigenvalue weighted by atomic mass is 16.4. The van der Waals surface area contributed by atoms with Gasteiger partial charge in [-0.2, -0.15) is 0 Å². The molecule has 1 saturated heterocycles. The van der Waals surface area contributed by atoms with E-state index in [1.165, 1.54) is 24.2 Å². The number of urea groups is 1. The van der Waals surface area contributed by atoms with E-state index in [1.54, 1.807) is 6.92 Å². The molecule has 21 heavy (non-hydrogen) atoms. The van der Waals surface area contributed by atoms with Crippen LogP contribution in [0.15, 0.2) is 0 Å². The van der Waals surface area contributed by atoms with E-state index in [0.717, 1.165) is 19.3 Å². The molecule has 1 heterocycles. The molecule has 1 aliphatic carbocycles. The van der Waals surface area contributed by atoms with Crippen LogP contribution in [0.4, 0.5) is 4.79 Å². The second kappa shape index (κ2) is 6.67. The van der Waals surface area contributed by atoms with Crippen LogP contribution < -0.4 is 5.32 Å². The lowest BCUT2D eigenvalue weighted by Gasteiger charge is -2.41. The molecule has 120 valence electrons. The maximum Gasteiger partial charge on any atom is 0.329 e. The van der Waals surface area contributed by atoms with Gasteiger partial charge >= 0.3 is 12.0 Å². The van der Waals surface area contributed by atoms with Crippen LogP contribution in [0, 0.1) is 11.8 Å². The largest absolute Gasteiger partial charge is 0.480 e. The minimum atomic E-state index is -1.06. The predicted octanol–water partition coefficient (Wildman–Crippen LogP) is 2.85. The molecule has 2 fully saturated rings. The zero-order valence-corrected chi connectivity index (χ0v) is 13.2. The number of carboxylic acids is 1. The van der Waals surface area contributed by atoms with Crippen molar-refractivity contribution in [1.29, 1.82) is 0 Å². The number of hydrogen-bond donors (Lipinski definition) is 2. The van der Waals surface area contributed by atoms with Gasteiger partial charge in [-0.3, -0.25) is 0 Å². The average Bonchev–Trinajstić information content (AvgIpc) is 2.46. The summed E-state index contributed by atoms with van der Waals surface area (Å²) in [5.74, 6) is 0.276. The van der Waals surface area contributed by atoms with Crippen molar-refractivity contribution < 1.29 is 14.7 Å². The van der Waals surface area contributed by atoms with Gasteiger partial charge in [-0.15, -0.1) is 0 Å². The van der Waals surface area contributed by atoms with Crippen molar-refractivity contribution in [3.05, 3.63) is 0 Å². The lowest BCUT2D eigenvalue weighted by molar-refractivity contribution is -0.150. The van der Waals surface area contributed by atoms with E-state index in [4.69, 9.17) is 0 Å². The van der Waals surface area contributed by atoms with E-state index in [2.05, 4.69) is 12.2 Å². The highest BCUT2D eigenvalue weighted by Crippen LogP contribution is 2.30. The van der Waals surface area contributed by atoms with Crippen LogP contribution in [0.3, 0.4) is 0 Å². The molecule has 2 rings (SSSR count). The van der Waals surface area contributed by atoms with Crippen molar-refractivity contribution in [2.75, 3.05) is 13.1 Å². The lowest BCUT2D eigenvalue weighted by atomic mass is 9.80. The van der Waals surface area contributed by atoms with Crippen molar-refractivity contribution in [3.63, 3.8) is 0 Å².